The molecular weight excluding hydrogens is 447 g/mol. The Balaban J connectivity index is 0.00000242. The van der Waals surface area contributed by atoms with E-state index in [0.717, 1.165) is 17.7 Å². The fraction of sp³-hybridized carbons (Fsp3) is 0.333. The first kappa shape index (κ1) is 22.4. The van der Waals surface area contributed by atoms with Crippen molar-refractivity contribution in [2.24, 2.45) is 0 Å². The van der Waals surface area contributed by atoms with Crippen molar-refractivity contribution in [1.82, 2.24) is 0 Å². The molecule has 0 aromatic carbocycles. The number of pyridine rings is 2. The third kappa shape index (κ3) is 6.43. The van der Waals surface area contributed by atoms with Crippen LogP contribution in [0.15, 0.2) is 49.1 Å². The Bertz CT molecular complexity index is 645. The Labute approximate surface area is 157 Å². The van der Waals surface area contributed by atoms with E-state index < -0.39 is 13.3 Å². The van der Waals surface area contributed by atoms with Crippen LogP contribution in [0.5, 0.6) is 0 Å². The van der Waals surface area contributed by atoms with E-state index >= 15 is 0 Å². The van der Waals surface area contributed by atoms with Crippen molar-refractivity contribution in [3.63, 3.8) is 0 Å². The monoisotopic (exact) mass is 466 g/mol. The molecule has 0 aliphatic carbocycles. The van der Waals surface area contributed by atoms with Crippen molar-refractivity contribution < 1.29 is 57.4 Å². The molecule has 128 valence electrons. The molecule has 0 fully saturated rings. The summed E-state index contributed by atoms with van der Waals surface area (Å²) in [5.74, 6) is 0. The van der Waals surface area contributed by atoms with Crippen molar-refractivity contribution in [2.75, 3.05) is 0 Å². The third-order valence-corrected chi connectivity index (χ3v) is 4.84. The van der Waals surface area contributed by atoms with E-state index in [1.54, 1.807) is 11.5 Å². The number of rotatable bonds is 5. The predicted octanol–water partition coefficient (Wildman–Crippen LogP) is -4.48. The Morgan fingerprint density at radius 1 is 0.957 bits per heavy atom. The van der Waals surface area contributed by atoms with Gasteiger partial charge in [-0.3, -0.25) is 4.57 Å². The van der Waals surface area contributed by atoms with Crippen LogP contribution in [0.3, 0.4) is 0 Å². The molecule has 0 spiro atoms. The number of hydrogen-bond acceptors (Lipinski definition) is 1. The van der Waals surface area contributed by atoms with Gasteiger partial charge in [0.15, 0.2) is 31.3 Å². The zero-order valence-corrected chi connectivity index (χ0v) is 17.1. The lowest BCUT2D eigenvalue weighted by molar-refractivity contribution is -0.696. The molecule has 0 saturated carbocycles. The summed E-state index contributed by atoms with van der Waals surface area (Å²) in [5, 5.41) is 0. The molecule has 0 aliphatic rings. The molecule has 1 unspecified atom stereocenters. The summed E-state index contributed by atoms with van der Waals surface area (Å²) in [6.07, 6.45) is 7.77. The van der Waals surface area contributed by atoms with Crippen molar-refractivity contribution >= 4 is 7.60 Å². The lowest BCUT2D eigenvalue weighted by Gasteiger charge is -2.09. The van der Waals surface area contributed by atoms with Gasteiger partial charge in [-0.15, -0.1) is 0 Å². The molecule has 2 N–H and O–H groups in total. The van der Waals surface area contributed by atoms with Gasteiger partial charge in [-0.05, 0) is 25.0 Å². The van der Waals surface area contributed by atoms with E-state index in [2.05, 4.69) is 23.6 Å². The molecular formula is C15H21Br2N2O3P. The molecule has 2 rings (SSSR count). The van der Waals surface area contributed by atoms with Crippen LogP contribution >= 0.6 is 7.60 Å². The highest BCUT2D eigenvalue weighted by Crippen LogP contribution is 2.40. The van der Waals surface area contributed by atoms with E-state index in [4.69, 9.17) is 9.79 Å². The van der Waals surface area contributed by atoms with Crippen LogP contribution in [0.25, 0.3) is 11.1 Å². The highest BCUT2D eigenvalue weighted by molar-refractivity contribution is 7.52. The van der Waals surface area contributed by atoms with Gasteiger partial charge in [-0.25, -0.2) is 9.13 Å². The molecule has 0 bridgehead atoms. The summed E-state index contributed by atoms with van der Waals surface area (Å²) in [5.41, 5.74) is 1.52. The fourth-order valence-electron chi connectivity index (χ4n) is 2.04. The molecule has 0 aliphatic heterocycles. The molecule has 1 atom stereocenters. The molecule has 23 heavy (non-hydrogen) atoms. The van der Waals surface area contributed by atoms with Crippen molar-refractivity contribution in [1.29, 1.82) is 0 Å². The van der Waals surface area contributed by atoms with E-state index in [-0.39, 0.29) is 34.0 Å². The number of aryl methyl sites for hydroxylation is 1. The second-order valence-electron chi connectivity index (χ2n) is 5.14. The summed E-state index contributed by atoms with van der Waals surface area (Å²) in [6, 6.07) is 8.03. The Morgan fingerprint density at radius 3 is 1.70 bits per heavy atom. The molecule has 2 aromatic rings. The maximum atomic E-state index is 11.2. The van der Waals surface area contributed by atoms with E-state index in [1.165, 1.54) is 0 Å². The van der Waals surface area contributed by atoms with Crippen LogP contribution in [0.4, 0.5) is 0 Å². The first-order chi connectivity index (χ1) is 9.90. The lowest BCUT2D eigenvalue weighted by atomic mass is 10.1. The smallest absolute Gasteiger partial charge is 0.334 e. The van der Waals surface area contributed by atoms with Gasteiger partial charge in [0.1, 0.15) is 12.2 Å². The van der Waals surface area contributed by atoms with E-state index in [1.807, 2.05) is 36.9 Å². The van der Waals surface area contributed by atoms with Crippen LogP contribution < -0.4 is 43.1 Å². The first-order valence-electron chi connectivity index (χ1n) is 6.94. The van der Waals surface area contributed by atoms with Crippen LogP contribution in [0.1, 0.15) is 13.8 Å². The highest BCUT2D eigenvalue weighted by Gasteiger charge is 2.27. The van der Waals surface area contributed by atoms with Gasteiger partial charge in [0.25, 0.3) is 0 Å². The zero-order chi connectivity index (χ0) is 15.5. The van der Waals surface area contributed by atoms with Gasteiger partial charge >= 0.3 is 7.60 Å². The highest BCUT2D eigenvalue weighted by atomic mass is 79.9. The SMILES string of the molecule is CC[n+]1ccc(-c2cc[n+](CC(C)P(=O)(O)O)cc2)cc1.[Br-].[Br-]. The largest absolute Gasteiger partial charge is 1.00 e. The lowest BCUT2D eigenvalue weighted by Crippen LogP contribution is -3.00. The van der Waals surface area contributed by atoms with Gasteiger partial charge in [0.2, 0.25) is 0 Å². The second-order valence-corrected chi connectivity index (χ2v) is 7.20. The third-order valence-electron chi connectivity index (χ3n) is 3.53. The van der Waals surface area contributed by atoms with Gasteiger partial charge in [0.05, 0.1) is 0 Å². The summed E-state index contributed by atoms with van der Waals surface area (Å²) in [6.45, 7) is 4.89. The summed E-state index contributed by atoms with van der Waals surface area (Å²) < 4.78 is 15.0. The average Bonchev–Trinajstić information content (AvgIpc) is 2.47. The van der Waals surface area contributed by atoms with Gasteiger partial charge < -0.3 is 43.7 Å². The van der Waals surface area contributed by atoms with Crippen LogP contribution in [-0.2, 0) is 17.7 Å². The van der Waals surface area contributed by atoms with Crippen molar-refractivity contribution in [2.45, 2.75) is 32.6 Å². The fourth-order valence-corrected chi connectivity index (χ4v) is 2.44. The second kappa shape index (κ2) is 9.64. The topological polar surface area (TPSA) is 65.3 Å². The maximum absolute atomic E-state index is 11.2. The van der Waals surface area contributed by atoms with Crippen molar-refractivity contribution in [3.05, 3.63) is 49.1 Å². The molecule has 8 heteroatoms. The standard InChI is InChI=1S/C15H19N2O3P.2BrH/c1-3-16-8-4-14(5-9-16)15-6-10-17(11-7-15)12-13(2)21(18,19)20;;/h4-11,13H,3,12H2,1-2H3;2*1H. The Hall–Kier alpha value is -0.590. The van der Waals surface area contributed by atoms with Crippen LogP contribution in [-0.4, -0.2) is 15.4 Å². The Kier molecular flexibility index (Phi) is 9.40. The summed E-state index contributed by atoms with van der Waals surface area (Å²) in [7, 11) is -4.02. The minimum Gasteiger partial charge on any atom is -1.00 e. The first-order valence-corrected chi connectivity index (χ1v) is 8.62. The number of hydrogen-bond donors (Lipinski definition) is 2. The summed E-state index contributed by atoms with van der Waals surface area (Å²) >= 11 is 0. The molecule has 0 radical (unpaired) electrons. The minimum absolute atomic E-state index is 0. The number of nitrogens with zero attached hydrogens (tertiary/aromatic N) is 2. The summed E-state index contributed by atoms with van der Waals surface area (Å²) in [4.78, 5) is 18.2. The average molecular weight is 468 g/mol. The predicted molar refractivity (Wildman–Crippen MR) is 79.4 cm³/mol. The molecule has 2 aromatic heterocycles. The quantitative estimate of drug-likeness (QED) is 0.344. The molecule has 0 amide bonds. The normalized spacial score (nSPS) is 12.0. The molecule has 2 heterocycles. The van der Waals surface area contributed by atoms with E-state index in [0.29, 0.717) is 6.54 Å². The van der Waals surface area contributed by atoms with Gasteiger partial charge in [0, 0.05) is 24.3 Å². The minimum atomic E-state index is -4.02. The molecule has 0 saturated heterocycles. The van der Waals surface area contributed by atoms with E-state index in [9.17, 15) is 4.57 Å². The van der Waals surface area contributed by atoms with Crippen LogP contribution in [0.2, 0.25) is 0 Å². The molecule has 5 nitrogen and oxygen atoms in total. The van der Waals surface area contributed by atoms with Crippen molar-refractivity contribution in [3.8, 4) is 11.1 Å². The van der Waals surface area contributed by atoms with Gasteiger partial charge in [-0.1, -0.05) is 0 Å². The number of halogens is 2. The maximum Gasteiger partial charge on any atom is 0.334 e. The van der Waals surface area contributed by atoms with Crippen LogP contribution in [0, 0.1) is 0 Å². The Morgan fingerprint density at radius 2 is 1.35 bits per heavy atom. The number of aromatic nitrogens is 2. The van der Waals surface area contributed by atoms with Gasteiger partial charge in [-0.2, -0.15) is 0 Å². The zero-order valence-electron chi connectivity index (χ0n) is 13.0.